The number of rotatable bonds is 14. The average molecular weight is 758 g/mol. The molecule has 0 aliphatic carbocycles. The SMILES string of the molecule is Cc1cnc(Nc2ccc(OCCCNC(=O)NCc3scc4c3CN(C3CCC(=O)NC3=O)C4=O)cc2)nc1Nc1cccc(SNC(C)(C)C)c1. The number of carbonyl (C=O) groups is 4. The zero-order valence-corrected chi connectivity index (χ0v) is 31.6. The van der Waals surface area contributed by atoms with Gasteiger partial charge in [-0.3, -0.25) is 24.4 Å². The Hall–Kier alpha value is -5.19. The molecule has 5 amide bonds. The number of fused-ring (bicyclic) bond motifs is 1. The van der Waals surface area contributed by atoms with Crippen LogP contribution in [0.15, 0.2) is 65.0 Å². The molecule has 1 atom stereocenters. The van der Waals surface area contributed by atoms with Gasteiger partial charge in [0.05, 0.1) is 18.7 Å². The highest BCUT2D eigenvalue weighted by atomic mass is 32.2. The largest absolute Gasteiger partial charge is 0.494 e. The van der Waals surface area contributed by atoms with Gasteiger partial charge in [-0.15, -0.1) is 11.3 Å². The predicted octanol–water partition coefficient (Wildman–Crippen LogP) is 5.76. The minimum Gasteiger partial charge on any atom is -0.494 e. The van der Waals surface area contributed by atoms with Crippen molar-refractivity contribution in [3.8, 4) is 5.75 Å². The molecule has 6 N–H and O–H groups in total. The van der Waals surface area contributed by atoms with E-state index in [1.165, 1.54) is 16.2 Å². The van der Waals surface area contributed by atoms with E-state index in [9.17, 15) is 19.2 Å². The second-order valence-corrected chi connectivity index (χ2v) is 15.6. The number of amides is 5. The maximum atomic E-state index is 12.9. The Morgan fingerprint density at radius 2 is 1.89 bits per heavy atom. The van der Waals surface area contributed by atoms with Gasteiger partial charge in [-0.25, -0.2) is 9.78 Å². The number of hydrogen-bond donors (Lipinski definition) is 6. The lowest BCUT2D eigenvalue weighted by atomic mass is 10.0. The highest BCUT2D eigenvalue weighted by molar-refractivity contribution is 7.97. The molecule has 2 aliphatic rings. The average Bonchev–Trinajstić information content (AvgIpc) is 3.67. The van der Waals surface area contributed by atoms with Crippen LogP contribution in [0.25, 0.3) is 0 Å². The molecule has 4 aromatic rings. The molecule has 14 nitrogen and oxygen atoms in total. The van der Waals surface area contributed by atoms with E-state index in [0.29, 0.717) is 49.1 Å². The summed E-state index contributed by atoms with van der Waals surface area (Å²) in [4.78, 5) is 61.8. The van der Waals surface area contributed by atoms with Gasteiger partial charge in [-0.2, -0.15) is 4.98 Å². The van der Waals surface area contributed by atoms with E-state index >= 15 is 0 Å². The first-order chi connectivity index (χ1) is 25.4. The number of aromatic nitrogens is 2. The number of carbonyl (C=O) groups excluding carboxylic acids is 4. The molecule has 0 bridgehead atoms. The van der Waals surface area contributed by atoms with Gasteiger partial charge in [0.1, 0.15) is 17.6 Å². The first-order valence-electron chi connectivity index (χ1n) is 17.3. The first kappa shape index (κ1) is 37.6. The third kappa shape index (κ3) is 10.0. The van der Waals surface area contributed by atoms with Crippen LogP contribution in [0.3, 0.4) is 0 Å². The van der Waals surface area contributed by atoms with Gasteiger partial charge in [0.25, 0.3) is 5.91 Å². The lowest BCUT2D eigenvalue weighted by molar-refractivity contribution is -0.136. The number of urea groups is 1. The second kappa shape index (κ2) is 16.7. The van der Waals surface area contributed by atoms with Crippen LogP contribution in [-0.2, 0) is 22.7 Å². The highest BCUT2D eigenvalue weighted by Gasteiger charge is 2.40. The normalized spacial score (nSPS) is 15.5. The summed E-state index contributed by atoms with van der Waals surface area (Å²) in [5.74, 6) is 0.868. The fourth-order valence-electron chi connectivity index (χ4n) is 5.62. The number of nitrogens with one attached hydrogen (secondary N) is 6. The molecular weight excluding hydrogens is 715 g/mol. The molecule has 0 spiro atoms. The third-order valence-corrected chi connectivity index (χ3v) is 10.6. The molecule has 1 saturated heterocycles. The van der Waals surface area contributed by atoms with Gasteiger partial charge < -0.3 is 30.9 Å². The summed E-state index contributed by atoms with van der Waals surface area (Å²) in [6.07, 6.45) is 2.88. The summed E-state index contributed by atoms with van der Waals surface area (Å²) in [5.41, 5.74) is 4.01. The van der Waals surface area contributed by atoms with Crippen molar-refractivity contribution < 1.29 is 23.9 Å². The summed E-state index contributed by atoms with van der Waals surface area (Å²) >= 11 is 2.99. The summed E-state index contributed by atoms with van der Waals surface area (Å²) in [5, 5.41) is 16.4. The third-order valence-electron chi connectivity index (χ3n) is 8.33. The number of thiophene rings is 1. The lowest BCUT2D eigenvalue weighted by Crippen LogP contribution is -2.52. The van der Waals surface area contributed by atoms with Crippen LogP contribution < -0.4 is 36.0 Å². The predicted molar refractivity (Wildman–Crippen MR) is 206 cm³/mol. The Bertz CT molecular complexity index is 1980. The Labute approximate surface area is 316 Å². The molecule has 53 heavy (non-hydrogen) atoms. The van der Waals surface area contributed by atoms with Crippen LogP contribution >= 0.6 is 23.3 Å². The van der Waals surface area contributed by atoms with Gasteiger partial charge in [-0.1, -0.05) is 6.07 Å². The molecule has 4 heterocycles. The minimum atomic E-state index is -0.668. The summed E-state index contributed by atoms with van der Waals surface area (Å²) < 4.78 is 9.30. The number of aryl methyl sites for hydroxylation is 1. The van der Waals surface area contributed by atoms with Crippen LogP contribution in [0.2, 0.25) is 0 Å². The fraction of sp³-hybridized carbons (Fsp3) is 0.351. The second-order valence-electron chi connectivity index (χ2n) is 13.7. The number of hydrogen-bond acceptors (Lipinski definition) is 12. The van der Waals surface area contributed by atoms with Crippen LogP contribution in [0.5, 0.6) is 5.75 Å². The summed E-state index contributed by atoms with van der Waals surface area (Å²) in [7, 11) is 0. The van der Waals surface area contributed by atoms with Crippen molar-refractivity contribution in [2.24, 2.45) is 0 Å². The number of benzene rings is 2. The van der Waals surface area contributed by atoms with E-state index in [0.717, 1.165) is 32.3 Å². The van der Waals surface area contributed by atoms with Crippen molar-refractivity contribution in [2.75, 3.05) is 23.8 Å². The standard InChI is InChI=1S/C37H43N9O5S2/c1-22-18-39-35(44-32(22)41-24-7-5-8-26(17-24)53-45-37(2,3)4)42-23-9-11-25(12-10-23)51-16-6-15-38-36(50)40-19-30-27-20-46(34(49)28(27)21-52-30)29-13-14-31(47)43-33(29)48/h5,7-12,17-18,21,29,45H,6,13-16,19-20H2,1-4H3,(H2,38,40,50)(H,43,47,48)(H2,39,41,42,44). The van der Waals surface area contributed by atoms with Gasteiger partial charge in [0.15, 0.2) is 0 Å². The molecule has 1 fully saturated rings. The zero-order valence-electron chi connectivity index (χ0n) is 30.0. The molecule has 2 aromatic heterocycles. The smallest absolute Gasteiger partial charge is 0.315 e. The quantitative estimate of drug-likeness (QED) is 0.0524. The molecule has 0 saturated carbocycles. The Morgan fingerprint density at radius 1 is 1.08 bits per heavy atom. The van der Waals surface area contributed by atoms with Crippen molar-refractivity contribution in [1.82, 2.24) is 35.5 Å². The maximum absolute atomic E-state index is 12.9. The monoisotopic (exact) mass is 757 g/mol. The van der Waals surface area contributed by atoms with E-state index < -0.39 is 11.9 Å². The molecule has 6 rings (SSSR count). The fourth-order valence-corrected chi connectivity index (χ4v) is 7.35. The number of piperidine rings is 1. The van der Waals surface area contributed by atoms with Crippen LogP contribution in [-0.4, -0.2) is 63.4 Å². The van der Waals surface area contributed by atoms with Gasteiger partial charge in [-0.05, 0) is 101 Å². The molecule has 16 heteroatoms. The van der Waals surface area contributed by atoms with Crippen LogP contribution in [0.4, 0.5) is 27.9 Å². The van der Waals surface area contributed by atoms with Crippen molar-refractivity contribution in [3.05, 3.63) is 81.7 Å². The number of imide groups is 1. The van der Waals surface area contributed by atoms with E-state index in [-0.39, 0.29) is 42.9 Å². The lowest BCUT2D eigenvalue weighted by Gasteiger charge is -2.29. The summed E-state index contributed by atoms with van der Waals surface area (Å²) in [6, 6.07) is 14.6. The minimum absolute atomic E-state index is 0.00605. The molecule has 0 radical (unpaired) electrons. The van der Waals surface area contributed by atoms with Gasteiger partial charge >= 0.3 is 6.03 Å². The first-order valence-corrected chi connectivity index (χ1v) is 19.0. The van der Waals surface area contributed by atoms with Crippen molar-refractivity contribution >= 4 is 70.2 Å². The molecule has 1 unspecified atom stereocenters. The highest BCUT2D eigenvalue weighted by Crippen LogP contribution is 2.34. The number of anilines is 4. The zero-order chi connectivity index (χ0) is 37.5. The van der Waals surface area contributed by atoms with E-state index in [1.54, 1.807) is 23.5 Å². The van der Waals surface area contributed by atoms with Gasteiger partial charge in [0.2, 0.25) is 17.8 Å². The Balaban J connectivity index is 0.902. The van der Waals surface area contributed by atoms with Crippen LogP contribution in [0.1, 0.15) is 66.4 Å². The van der Waals surface area contributed by atoms with Crippen LogP contribution in [0, 0.1) is 6.92 Å². The Kier molecular flexibility index (Phi) is 11.8. The number of nitrogens with zero attached hydrogens (tertiary/aromatic N) is 3. The summed E-state index contributed by atoms with van der Waals surface area (Å²) in [6.45, 7) is 9.69. The molecule has 278 valence electrons. The van der Waals surface area contributed by atoms with Crippen molar-refractivity contribution in [1.29, 1.82) is 0 Å². The Morgan fingerprint density at radius 3 is 2.66 bits per heavy atom. The van der Waals surface area contributed by atoms with E-state index in [1.807, 2.05) is 43.3 Å². The molecular formula is C37H43N9O5S2. The molecule has 2 aliphatic heterocycles. The number of ether oxygens (including phenoxy) is 1. The topological polar surface area (TPSA) is 179 Å². The maximum Gasteiger partial charge on any atom is 0.315 e. The molecule has 2 aromatic carbocycles. The van der Waals surface area contributed by atoms with Crippen molar-refractivity contribution in [3.63, 3.8) is 0 Å². The van der Waals surface area contributed by atoms with E-state index in [2.05, 4.69) is 69.2 Å². The van der Waals surface area contributed by atoms with Crippen molar-refractivity contribution in [2.45, 2.75) is 76.5 Å². The van der Waals surface area contributed by atoms with Gasteiger partial charge in [0, 0.05) is 63.3 Å². The van der Waals surface area contributed by atoms with E-state index in [4.69, 9.17) is 9.72 Å².